The summed E-state index contributed by atoms with van der Waals surface area (Å²) in [6, 6.07) is 5.89. The van der Waals surface area contributed by atoms with Crippen LogP contribution in [0.4, 0.5) is 0 Å². The van der Waals surface area contributed by atoms with E-state index in [2.05, 4.69) is 18.5 Å². The number of Topliss-reactive ketones (excluding diaryl/α,β-unsaturated/α-hetero) is 1. The number of allylic oxidation sites excluding steroid dienone is 1. The third-order valence-electron chi connectivity index (χ3n) is 9.59. The number of rotatable bonds is 9. The van der Waals surface area contributed by atoms with Crippen molar-refractivity contribution in [3.05, 3.63) is 53.6 Å². The number of aryl methyl sites for hydroxylation is 1. The highest BCUT2D eigenvalue weighted by Crippen LogP contribution is 2.46. The van der Waals surface area contributed by atoms with Gasteiger partial charge in [-0.3, -0.25) is 14.4 Å². The van der Waals surface area contributed by atoms with Gasteiger partial charge in [0.2, 0.25) is 0 Å². The quantitative estimate of drug-likeness (QED) is 0.126. The number of carbonyl (C=O) groups is 3. The Hall–Kier alpha value is -2.88. The molecule has 0 spiro atoms. The first kappa shape index (κ1) is 36.0. The number of ketones is 1. The highest BCUT2D eigenvalue weighted by Gasteiger charge is 2.53. The summed E-state index contributed by atoms with van der Waals surface area (Å²) in [5.41, 5.74) is -0.132. The molecule has 1 fully saturated rings. The second-order valence-corrected chi connectivity index (χ2v) is 15.0. The molecule has 252 valence electrons. The monoisotopic (exact) mass is 653 g/mol. The summed E-state index contributed by atoms with van der Waals surface area (Å²) in [5, 5.41) is 12.3. The van der Waals surface area contributed by atoms with Crippen LogP contribution in [0.2, 0.25) is 0 Å². The number of cyclic esters (lactones) is 1. The van der Waals surface area contributed by atoms with Crippen molar-refractivity contribution in [2.24, 2.45) is 17.3 Å². The molecule has 3 heterocycles. The molecule has 2 aliphatic heterocycles. The van der Waals surface area contributed by atoms with E-state index in [0.717, 1.165) is 46.5 Å². The summed E-state index contributed by atoms with van der Waals surface area (Å²) in [6.07, 6.45) is 7.82. The van der Waals surface area contributed by atoms with E-state index >= 15 is 0 Å². The molecule has 2 aromatic rings. The minimum absolute atomic E-state index is 0.153. The van der Waals surface area contributed by atoms with Crippen molar-refractivity contribution in [1.82, 2.24) is 4.98 Å². The topological polar surface area (TPSA) is 115 Å². The fourth-order valence-electron chi connectivity index (χ4n) is 6.40. The second-order valence-electron chi connectivity index (χ2n) is 13.8. The van der Waals surface area contributed by atoms with Crippen LogP contribution in [0.1, 0.15) is 109 Å². The molecular formula is C37H51NO7S. The third-order valence-corrected chi connectivity index (χ3v) is 10.5. The summed E-state index contributed by atoms with van der Waals surface area (Å²) in [5.74, 6) is -2.28. The number of carbonyl (C=O) groups excluding carboxylic acids is 3. The number of unbranched alkanes of at least 4 members (excludes halogenated alkanes) is 3. The summed E-state index contributed by atoms with van der Waals surface area (Å²) in [4.78, 5) is 45.3. The van der Waals surface area contributed by atoms with Crippen LogP contribution in [-0.2, 0) is 28.6 Å². The lowest BCUT2D eigenvalue weighted by Gasteiger charge is -2.36. The van der Waals surface area contributed by atoms with E-state index in [9.17, 15) is 19.5 Å². The van der Waals surface area contributed by atoms with Gasteiger partial charge in [0.15, 0.2) is 0 Å². The summed E-state index contributed by atoms with van der Waals surface area (Å²) >= 11 is 1.60. The lowest BCUT2D eigenvalue weighted by atomic mass is 9.71. The predicted molar refractivity (Wildman–Crippen MR) is 180 cm³/mol. The zero-order valence-electron chi connectivity index (χ0n) is 28.3. The van der Waals surface area contributed by atoms with Crippen LogP contribution in [-0.4, -0.2) is 51.7 Å². The van der Waals surface area contributed by atoms with E-state index in [0.29, 0.717) is 12.8 Å². The molecule has 8 nitrogen and oxygen atoms in total. The van der Waals surface area contributed by atoms with Crippen molar-refractivity contribution in [3.8, 4) is 0 Å². The average molecular weight is 654 g/mol. The number of esters is 2. The van der Waals surface area contributed by atoms with Crippen LogP contribution < -0.4 is 0 Å². The van der Waals surface area contributed by atoms with Gasteiger partial charge in [-0.1, -0.05) is 71.3 Å². The first-order valence-electron chi connectivity index (χ1n) is 16.7. The molecule has 0 bridgehead atoms. The Balaban J connectivity index is 1.64. The molecular weight excluding hydrogens is 602 g/mol. The first-order chi connectivity index (χ1) is 21.8. The second kappa shape index (κ2) is 15.3. The molecule has 1 saturated heterocycles. The van der Waals surface area contributed by atoms with Gasteiger partial charge in [0.05, 0.1) is 50.8 Å². The predicted octanol–water partition coefficient (Wildman–Crippen LogP) is 7.75. The van der Waals surface area contributed by atoms with Crippen LogP contribution in [0.15, 0.2) is 43.0 Å². The molecule has 0 radical (unpaired) electrons. The van der Waals surface area contributed by atoms with Crippen LogP contribution in [0, 0.1) is 24.2 Å². The molecule has 0 aliphatic carbocycles. The molecule has 4 rings (SSSR count). The van der Waals surface area contributed by atoms with Gasteiger partial charge in [-0.15, -0.1) is 17.9 Å². The van der Waals surface area contributed by atoms with E-state index in [1.807, 2.05) is 51.1 Å². The number of aromatic nitrogens is 1. The zero-order valence-corrected chi connectivity index (χ0v) is 29.1. The van der Waals surface area contributed by atoms with Gasteiger partial charge in [0, 0.05) is 18.8 Å². The van der Waals surface area contributed by atoms with Gasteiger partial charge in [-0.05, 0) is 50.8 Å². The molecule has 0 unspecified atom stereocenters. The van der Waals surface area contributed by atoms with Crippen LogP contribution >= 0.6 is 11.3 Å². The minimum Gasteiger partial charge on any atom is -0.461 e. The summed E-state index contributed by atoms with van der Waals surface area (Å²) in [6.45, 7) is 15.2. The minimum atomic E-state index is -1.33. The standard InChI is InChI=1S/C37H51NO7S/c1-8-10-11-12-16-32(40)44-34-23(3)15-13-19-37(7)31(45-37)21-28(25-17-18-29-27(20-25)38-24(4)46-29)43-33(41)22-30(39)36(5,6)35(42)26(34)14-9-2/h9,13,15,17-18,20,23,26,28,30-31,34,39H,2,8,10-12,14,16,19,21-22H2,1,3-7H3/b15-13-/t23-,26+,28-,30-,31-,34-,37+/m0/s1. The number of aliphatic hydroxyl groups is 1. The maximum Gasteiger partial charge on any atom is 0.309 e. The number of fused-ring (bicyclic) bond motifs is 2. The highest BCUT2D eigenvalue weighted by molar-refractivity contribution is 7.18. The number of nitrogens with zero attached hydrogens (tertiary/aromatic N) is 1. The average Bonchev–Trinajstić information content (AvgIpc) is 3.47. The lowest BCUT2D eigenvalue weighted by molar-refractivity contribution is -0.160. The van der Waals surface area contributed by atoms with E-state index in [1.54, 1.807) is 31.3 Å². The maximum absolute atomic E-state index is 14.2. The van der Waals surface area contributed by atoms with Crippen LogP contribution in [0.3, 0.4) is 0 Å². The number of hydrogen-bond donors (Lipinski definition) is 1. The Morgan fingerprint density at radius 3 is 2.70 bits per heavy atom. The number of epoxide rings is 1. The number of ether oxygens (including phenoxy) is 3. The van der Waals surface area contributed by atoms with Crippen molar-refractivity contribution in [1.29, 1.82) is 0 Å². The highest BCUT2D eigenvalue weighted by atomic mass is 32.1. The van der Waals surface area contributed by atoms with E-state index in [1.165, 1.54) is 0 Å². The van der Waals surface area contributed by atoms with E-state index in [4.69, 9.17) is 14.2 Å². The molecule has 1 aromatic carbocycles. The molecule has 0 amide bonds. The molecule has 1 aromatic heterocycles. The molecule has 9 heteroatoms. The third kappa shape index (κ3) is 8.72. The van der Waals surface area contributed by atoms with Gasteiger partial charge in [0.25, 0.3) is 0 Å². The molecule has 46 heavy (non-hydrogen) atoms. The lowest BCUT2D eigenvalue weighted by Crippen LogP contribution is -2.47. The van der Waals surface area contributed by atoms with Gasteiger partial charge >= 0.3 is 11.9 Å². The number of aliphatic hydroxyl groups excluding tert-OH is 1. The summed E-state index contributed by atoms with van der Waals surface area (Å²) in [7, 11) is 0. The van der Waals surface area contributed by atoms with Gasteiger partial charge in [-0.25, -0.2) is 4.98 Å². The number of hydrogen-bond acceptors (Lipinski definition) is 9. The largest absolute Gasteiger partial charge is 0.461 e. The van der Waals surface area contributed by atoms with Crippen LogP contribution in [0.5, 0.6) is 0 Å². The molecule has 2 aliphatic rings. The summed E-state index contributed by atoms with van der Waals surface area (Å²) < 4.78 is 19.3. The Morgan fingerprint density at radius 2 is 1.98 bits per heavy atom. The van der Waals surface area contributed by atoms with Crippen LogP contribution in [0.25, 0.3) is 10.2 Å². The van der Waals surface area contributed by atoms with Gasteiger partial charge in [-0.2, -0.15) is 0 Å². The number of benzene rings is 1. The van der Waals surface area contributed by atoms with Crippen molar-refractivity contribution < 1.29 is 33.7 Å². The zero-order chi connectivity index (χ0) is 33.6. The molecule has 0 saturated carbocycles. The van der Waals surface area contributed by atoms with Crippen molar-refractivity contribution in [2.45, 2.75) is 129 Å². The smallest absolute Gasteiger partial charge is 0.309 e. The van der Waals surface area contributed by atoms with Crippen molar-refractivity contribution >= 4 is 39.3 Å². The fraction of sp³-hybridized carbons (Fsp3) is 0.622. The van der Waals surface area contributed by atoms with Gasteiger partial charge < -0.3 is 19.3 Å². The Kier molecular flexibility index (Phi) is 12.0. The van der Waals surface area contributed by atoms with E-state index < -0.39 is 41.2 Å². The van der Waals surface area contributed by atoms with E-state index in [-0.39, 0.29) is 43.0 Å². The SMILES string of the molecule is C=CC[C@H]1C(=O)C(C)(C)[C@@H](O)CC(=O)O[C@H](c2ccc3sc(C)nc3c2)C[C@@H]2O[C@]2(C)C/C=C\[C@H](C)[C@@H]1OC(=O)CCCCCC. The first-order valence-corrected chi connectivity index (χ1v) is 17.5. The number of thiazole rings is 1. The maximum atomic E-state index is 14.2. The Morgan fingerprint density at radius 1 is 1.22 bits per heavy atom. The Labute approximate surface area is 277 Å². The van der Waals surface area contributed by atoms with Crippen molar-refractivity contribution in [3.63, 3.8) is 0 Å². The Bertz CT molecular complexity index is 1430. The van der Waals surface area contributed by atoms with Crippen molar-refractivity contribution in [2.75, 3.05) is 0 Å². The molecule has 7 atom stereocenters. The molecule has 1 N–H and O–H groups in total. The fourth-order valence-corrected chi connectivity index (χ4v) is 7.20. The normalized spacial score (nSPS) is 31.1. The van der Waals surface area contributed by atoms with Gasteiger partial charge in [0.1, 0.15) is 18.0 Å².